The molecule has 4 aromatic rings. The first-order chi connectivity index (χ1) is 14.0. The highest BCUT2D eigenvalue weighted by molar-refractivity contribution is 5.97. The maximum Gasteiger partial charge on any atom is 0.126 e. The van der Waals surface area contributed by atoms with Crippen molar-refractivity contribution in [2.24, 2.45) is 0 Å². The third kappa shape index (κ3) is 4.00. The van der Waals surface area contributed by atoms with Crippen molar-refractivity contribution in [3.05, 3.63) is 95.4 Å². The predicted molar refractivity (Wildman–Crippen MR) is 117 cm³/mol. The lowest BCUT2D eigenvalue weighted by atomic mass is 9.90. The van der Waals surface area contributed by atoms with Crippen molar-refractivity contribution in [1.29, 1.82) is 0 Å². The lowest BCUT2D eigenvalue weighted by Crippen LogP contribution is -1.98. The molecule has 0 aliphatic rings. The molecule has 4 rings (SSSR count). The zero-order chi connectivity index (χ0) is 20.4. The van der Waals surface area contributed by atoms with Gasteiger partial charge in [0.1, 0.15) is 18.2 Å². The molecule has 146 valence electrons. The van der Waals surface area contributed by atoms with E-state index in [0.717, 1.165) is 38.9 Å². The summed E-state index contributed by atoms with van der Waals surface area (Å²) in [6.07, 6.45) is 1.93. The fourth-order valence-electron chi connectivity index (χ4n) is 3.58. The molecule has 3 heteroatoms. The Labute approximate surface area is 171 Å². The zero-order valence-electron chi connectivity index (χ0n) is 16.9. The number of benzene rings is 3. The van der Waals surface area contributed by atoms with Crippen molar-refractivity contribution in [1.82, 2.24) is 4.98 Å². The Morgan fingerprint density at radius 1 is 0.966 bits per heavy atom. The van der Waals surface area contributed by atoms with Crippen LogP contribution in [0.25, 0.3) is 22.0 Å². The van der Waals surface area contributed by atoms with Crippen LogP contribution in [0.4, 0.5) is 4.39 Å². The third-order valence-electron chi connectivity index (χ3n) is 5.19. The first-order valence-electron chi connectivity index (χ1n) is 9.89. The number of rotatable bonds is 5. The van der Waals surface area contributed by atoms with E-state index in [9.17, 15) is 4.39 Å². The molecule has 0 saturated carbocycles. The molecule has 0 unspecified atom stereocenters. The van der Waals surface area contributed by atoms with E-state index in [1.165, 1.54) is 0 Å². The van der Waals surface area contributed by atoms with E-state index < -0.39 is 0 Å². The molecule has 0 spiro atoms. The summed E-state index contributed by atoms with van der Waals surface area (Å²) in [5.74, 6) is 0.906. The molecule has 3 aromatic carbocycles. The first-order valence-corrected chi connectivity index (χ1v) is 9.89. The fraction of sp³-hybridized carbons (Fsp3) is 0.192. The second kappa shape index (κ2) is 8.04. The van der Waals surface area contributed by atoms with Crippen LogP contribution in [0.1, 0.15) is 36.5 Å². The number of hydrogen-bond donors (Lipinski definition) is 0. The number of aryl methyl sites for hydroxylation is 1. The number of fused-ring (bicyclic) bond motifs is 1. The lowest BCUT2D eigenvalue weighted by molar-refractivity contribution is 0.306. The van der Waals surface area contributed by atoms with E-state index >= 15 is 0 Å². The van der Waals surface area contributed by atoms with E-state index in [0.29, 0.717) is 18.1 Å². The van der Waals surface area contributed by atoms with Gasteiger partial charge in [-0.1, -0.05) is 50.2 Å². The van der Waals surface area contributed by atoms with Crippen molar-refractivity contribution in [2.45, 2.75) is 33.3 Å². The molecule has 0 saturated heterocycles. The third-order valence-corrected chi connectivity index (χ3v) is 5.19. The Morgan fingerprint density at radius 2 is 1.76 bits per heavy atom. The van der Waals surface area contributed by atoms with E-state index in [1.807, 2.05) is 60.8 Å². The van der Waals surface area contributed by atoms with Gasteiger partial charge in [0.15, 0.2) is 0 Å². The summed E-state index contributed by atoms with van der Waals surface area (Å²) >= 11 is 0. The highest BCUT2D eigenvalue weighted by Crippen LogP contribution is 2.36. The van der Waals surface area contributed by atoms with Crippen LogP contribution in [0.2, 0.25) is 0 Å². The average Bonchev–Trinajstić information content (AvgIpc) is 2.74. The molecule has 0 N–H and O–H groups in total. The molecule has 0 amide bonds. The zero-order valence-corrected chi connectivity index (χ0v) is 16.9. The van der Waals surface area contributed by atoms with Gasteiger partial charge in [-0.05, 0) is 64.9 Å². The first kappa shape index (κ1) is 19.1. The van der Waals surface area contributed by atoms with Gasteiger partial charge in [0.2, 0.25) is 0 Å². The van der Waals surface area contributed by atoms with E-state index in [2.05, 4.69) is 19.9 Å². The van der Waals surface area contributed by atoms with Gasteiger partial charge >= 0.3 is 0 Å². The second-order valence-corrected chi connectivity index (χ2v) is 7.66. The van der Waals surface area contributed by atoms with Gasteiger partial charge in [0.25, 0.3) is 0 Å². The minimum absolute atomic E-state index is 0.185. The van der Waals surface area contributed by atoms with Crippen LogP contribution in [-0.4, -0.2) is 4.98 Å². The highest BCUT2D eigenvalue weighted by Gasteiger charge is 2.15. The van der Waals surface area contributed by atoms with E-state index in [1.54, 1.807) is 13.0 Å². The largest absolute Gasteiger partial charge is 0.489 e. The summed E-state index contributed by atoms with van der Waals surface area (Å²) in [6, 6.07) is 21.4. The summed E-state index contributed by atoms with van der Waals surface area (Å²) in [5.41, 5.74) is 5.92. The van der Waals surface area contributed by atoms with Gasteiger partial charge in [-0.15, -0.1) is 0 Å². The Morgan fingerprint density at radius 3 is 2.48 bits per heavy atom. The Kier molecular flexibility index (Phi) is 5.30. The van der Waals surface area contributed by atoms with Crippen LogP contribution in [0.5, 0.6) is 5.75 Å². The molecule has 0 aliphatic heterocycles. The van der Waals surface area contributed by atoms with Crippen molar-refractivity contribution in [3.8, 4) is 16.9 Å². The maximum atomic E-state index is 13.8. The van der Waals surface area contributed by atoms with Gasteiger partial charge in [-0.3, -0.25) is 4.98 Å². The normalized spacial score (nSPS) is 11.2. The Balaban J connectivity index is 1.76. The van der Waals surface area contributed by atoms with Crippen LogP contribution >= 0.6 is 0 Å². The SMILES string of the molecule is Cc1cc(-c2c(C(C)C)cnc3cc(OCc4ccccc4)ccc23)ccc1F. The summed E-state index contributed by atoms with van der Waals surface area (Å²) in [5, 5.41) is 1.05. The van der Waals surface area contributed by atoms with Gasteiger partial charge in [-0.2, -0.15) is 0 Å². The fourth-order valence-corrected chi connectivity index (χ4v) is 3.58. The highest BCUT2D eigenvalue weighted by atomic mass is 19.1. The smallest absolute Gasteiger partial charge is 0.126 e. The molecule has 0 radical (unpaired) electrons. The maximum absolute atomic E-state index is 13.8. The second-order valence-electron chi connectivity index (χ2n) is 7.66. The number of nitrogens with zero attached hydrogens (tertiary/aromatic N) is 1. The molecule has 0 bridgehead atoms. The standard InChI is InChI=1S/C26H24FNO/c1-17(2)23-15-28-25-14-21(29-16-19-7-5-4-6-8-19)10-11-22(25)26(23)20-9-12-24(27)18(3)13-20/h4-15,17H,16H2,1-3H3. The predicted octanol–water partition coefficient (Wildman–Crippen LogP) is 7.05. The monoisotopic (exact) mass is 385 g/mol. The summed E-state index contributed by atoms with van der Waals surface area (Å²) < 4.78 is 19.8. The van der Waals surface area contributed by atoms with E-state index in [4.69, 9.17) is 9.72 Å². The van der Waals surface area contributed by atoms with Crippen LogP contribution in [-0.2, 0) is 6.61 Å². The number of pyridine rings is 1. The van der Waals surface area contributed by atoms with Gasteiger partial charge in [-0.25, -0.2) is 4.39 Å². The molecule has 0 fully saturated rings. The number of halogens is 1. The summed E-state index contributed by atoms with van der Waals surface area (Å²) in [7, 11) is 0. The average molecular weight is 385 g/mol. The minimum Gasteiger partial charge on any atom is -0.489 e. The molecule has 0 atom stereocenters. The van der Waals surface area contributed by atoms with Gasteiger partial charge in [0, 0.05) is 17.6 Å². The number of aromatic nitrogens is 1. The van der Waals surface area contributed by atoms with Crippen LogP contribution in [0.3, 0.4) is 0 Å². The minimum atomic E-state index is -0.185. The van der Waals surface area contributed by atoms with Crippen LogP contribution in [0, 0.1) is 12.7 Å². The van der Waals surface area contributed by atoms with Gasteiger partial charge < -0.3 is 4.74 Å². The van der Waals surface area contributed by atoms with E-state index in [-0.39, 0.29) is 5.82 Å². The Bertz CT molecular complexity index is 1150. The van der Waals surface area contributed by atoms with Crippen molar-refractivity contribution in [2.75, 3.05) is 0 Å². The van der Waals surface area contributed by atoms with Crippen molar-refractivity contribution >= 4 is 10.9 Å². The number of hydrogen-bond acceptors (Lipinski definition) is 2. The van der Waals surface area contributed by atoms with Crippen molar-refractivity contribution < 1.29 is 9.13 Å². The molecular formula is C26H24FNO. The van der Waals surface area contributed by atoms with Gasteiger partial charge in [0.05, 0.1) is 5.52 Å². The Hall–Kier alpha value is -3.20. The molecule has 1 heterocycles. The summed E-state index contributed by atoms with van der Waals surface area (Å²) in [4.78, 5) is 4.69. The summed E-state index contributed by atoms with van der Waals surface area (Å²) in [6.45, 7) is 6.62. The molecule has 2 nitrogen and oxygen atoms in total. The van der Waals surface area contributed by atoms with Crippen molar-refractivity contribution in [3.63, 3.8) is 0 Å². The topological polar surface area (TPSA) is 22.1 Å². The molecule has 1 aromatic heterocycles. The molecule has 29 heavy (non-hydrogen) atoms. The number of ether oxygens (including phenoxy) is 1. The quantitative estimate of drug-likeness (QED) is 0.367. The molecule has 0 aliphatic carbocycles. The lowest BCUT2D eigenvalue weighted by Gasteiger charge is -2.17. The van der Waals surface area contributed by atoms with Crippen LogP contribution in [0.15, 0.2) is 72.9 Å². The molecular weight excluding hydrogens is 361 g/mol. The van der Waals surface area contributed by atoms with Crippen LogP contribution < -0.4 is 4.74 Å².